The van der Waals surface area contributed by atoms with Crippen molar-refractivity contribution in [3.05, 3.63) is 62.5 Å². The van der Waals surface area contributed by atoms with Crippen molar-refractivity contribution in [1.29, 1.82) is 0 Å². The lowest BCUT2D eigenvalue weighted by Gasteiger charge is -2.17. The minimum Gasteiger partial charge on any atom is -0.489 e. The molecule has 27 heavy (non-hydrogen) atoms. The number of rotatable bonds is 6. The zero-order valence-electron chi connectivity index (χ0n) is 17.0. The molecule has 1 aliphatic rings. The van der Waals surface area contributed by atoms with E-state index in [4.69, 9.17) is 9.15 Å². The highest BCUT2D eigenvalue weighted by Gasteiger charge is 2.19. The molecule has 2 aromatic rings. The summed E-state index contributed by atoms with van der Waals surface area (Å²) >= 11 is 0. The van der Waals surface area contributed by atoms with Gasteiger partial charge in [-0.1, -0.05) is 17.2 Å². The van der Waals surface area contributed by atoms with Crippen LogP contribution < -0.4 is 10.4 Å². The molecule has 1 aromatic carbocycles. The monoisotopic (exact) mass is 366 g/mol. The summed E-state index contributed by atoms with van der Waals surface area (Å²) in [5.74, 6) is 0.787. The van der Waals surface area contributed by atoms with Crippen LogP contribution >= 0.6 is 0 Å². The Balaban J connectivity index is 1.77. The number of aryl methyl sites for hydroxylation is 2. The SMILES string of the molecule is CC(C)=CCCC(C)=CCOc1ccc2c3c(c(=O)oc2c1C)CCCC3. The number of hydrogen-bond donors (Lipinski definition) is 0. The van der Waals surface area contributed by atoms with E-state index >= 15 is 0 Å². The van der Waals surface area contributed by atoms with Crippen molar-refractivity contribution in [3.8, 4) is 5.75 Å². The van der Waals surface area contributed by atoms with Gasteiger partial charge in [0.15, 0.2) is 0 Å². The van der Waals surface area contributed by atoms with E-state index < -0.39 is 0 Å². The summed E-state index contributed by atoms with van der Waals surface area (Å²) in [7, 11) is 0. The van der Waals surface area contributed by atoms with E-state index in [1.165, 1.54) is 16.7 Å². The average Bonchev–Trinajstić information content (AvgIpc) is 2.64. The Morgan fingerprint density at radius 3 is 2.59 bits per heavy atom. The predicted molar refractivity (Wildman–Crippen MR) is 112 cm³/mol. The summed E-state index contributed by atoms with van der Waals surface area (Å²) in [5.41, 5.74) is 6.15. The second-order valence-electron chi connectivity index (χ2n) is 7.80. The van der Waals surface area contributed by atoms with Crippen molar-refractivity contribution in [2.75, 3.05) is 6.61 Å². The lowest BCUT2D eigenvalue weighted by Crippen LogP contribution is -2.16. The van der Waals surface area contributed by atoms with Crippen LogP contribution in [0.1, 0.15) is 63.1 Å². The molecule has 1 heterocycles. The maximum Gasteiger partial charge on any atom is 0.339 e. The molecule has 0 radical (unpaired) electrons. The van der Waals surface area contributed by atoms with Gasteiger partial charge in [-0.05, 0) is 90.0 Å². The molecular weight excluding hydrogens is 336 g/mol. The Hall–Kier alpha value is -2.29. The standard InChI is InChI=1S/C24H30O3/c1-16(2)8-7-9-17(3)14-15-26-22-13-12-20-19-10-5-6-11-21(19)24(25)27-23(20)18(22)4/h8,12-14H,5-7,9-11,15H2,1-4H3. The summed E-state index contributed by atoms with van der Waals surface area (Å²) in [6.07, 6.45) is 10.5. The van der Waals surface area contributed by atoms with Crippen molar-refractivity contribution >= 4 is 11.0 Å². The maximum atomic E-state index is 12.4. The lowest BCUT2D eigenvalue weighted by atomic mass is 9.90. The van der Waals surface area contributed by atoms with Crippen LogP contribution in [0, 0.1) is 6.92 Å². The fraction of sp³-hybridized carbons (Fsp3) is 0.458. The molecule has 0 unspecified atom stereocenters. The predicted octanol–water partition coefficient (Wildman–Crippen LogP) is 6.05. The third-order valence-corrected chi connectivity index (χ3v) is 5.35. The van der Waals surface area contributed by atoms with Gasteiger partial charge in [-0.25, -0.2) is 4.79 Å². The highest BCUT2D eigenvalue weighted by Crippen LogP contribution is 2.32. The van der Waals surface area contributed by atoms with Gasteiger partial charge in [-0.2, -0.15) is 0 Å². The Morgan fingerprint density at radius 2 is 1.85 bits per heavy atom. The molecular formula is C24H30O3. The molecule has 1 aromatic heterocycles. The van der Waals surface area contributed by atoms with Gasteiger partial charge in [0, 0.05) is 16.5 Å². The number of benzene rings is 1. The van der Waals surface area contributed by atoms with E-state index in [0.717, 1.165) is 60.8 Å². The molecule has 3 heteroatoms. The first-order valence-electron chi connectivity index (χ1n) is 9.97. The van der Waals surface area contributed by atoms with Gasteiger partial charge in [-0.15, -0.1) is 0 Å². The van der Waals surface area contributed by atoms with Crippen molar-refractivity contribution in [2.45, 2.75) is 66.2 Å². The average molecular weight is 367 g/mol. The van der Waals surface area contributed by atoms with Crippen molar-refractivity contribution < 1.29 is 9.15 Å². The second kappa shape index (κ2) is 8.60. The Morgan fingerprint density at radius 1 is 1.11 bits per heavy atom. The van der Waals surface area contributed by atoms with Gasteiger partial charge in [0.05, 0.1) is 0 Å². The van der Waals surface area contributed by atoms with Crippen LogP contribution in [0.3, 0.4) is 0 Å². The van der Waals surface area contributed by atoms with E-state index in [2.05, 4.69) is 39.0 Å². The molecule has 0 amide bonds. The first-order valence-corrected chi connectivity index (χ1v) is 9.97. The molecule has 144 valence electrons. The normalized spacial score (nSPS) is 14.1. The van der Waals surface area contributed by atoms with E-state index in [0.29, 0.717) is 12.2 Å². The first-order chi connectivity index (χ1) is 13.0. The Bertz CT molecular complexity index is 940. The number of hydrogen-bond acceptors (Lipinski definition) is 3. The Kier molecular flexibility index (Phi) is 6.20. The van der Waals surface area contributed by atoms with Gasteiger partial charge in [0.25, 0.3) is 0 Å². The summed E-state index contributed by atoms with van der Waals surface area (Å²) in [6.45, 7) is 8.89. The zero-order valence-corrected chi connectivity index (χ0v) is 17.0. The smallest absolute Gasteiger partial charge is 0.339 e. The largest absolute Gasteiger partial charge is 0.489 e. The lowest BCUT2D eigenvalue weighted by molar-refractivity contribution is 0.358. The molecule has 0 spiro atoms. The van der Waals surface area contributed by atoms with Crippen LogP contribution in [0.4, 0.5) is 0 Å². The van der Waals surface area contributed by atoms with Crippen LogP contribution in [0.5, 0.6) is 5.75 Å². The van der Waals surface area contributed by atoms with Crippen LogP contribution in [-0.2, 0) is 12.8 Å². The van der Waals surface area contributed by atoms with Gasteiger partial charge >= 0.3 is 5.63 Å². The number of ether oxygens (including phenoxy) is 1. The highest BCUT2D eigenvalue weighted by atomic mass is 16.5. The minimum absolute atomic E-state index is 0.174. The second-order valence-corrected chi connectivity index (χ2v) is 7.80. The van der Waals surface area contributed by atoms with Gasteiger partial charge in [0.1, 0.15) is 17.9 Å². The Labute approximate surface area is 161 Å². The van der Waals surface area contributed by atoms with Crippen LogP contribution in [-0.4, -0.2) is 6.61 Å². The first kappa shape index (κ1) is 19.5. The van der Waals surface area contributed by atoms with Crippen molar-refractivity contribution in [2.24, 2.45) is 0 Å². The molecule has 0 saturated heterocycles. The van der Waals surface area contributed by atoms with E-state index in [-0.39, 0.29) is 5.63 Å². The topological polar surface area (TPSA) is 39.4 Å². The molecule has 3 nitrogen and oxygen atoms in total. The summed E-state index contributed by atoms with van der Waals surface area (Å²) in [4.78, 5) is 12.4. The molecule has 3 rings (SSSR count). The minimum atomic E-state index is -0.174. The molecule has 0 atom stereocenters. The van der Waals surface area contributed by atoms with E-state index in [1.54, 1.807) is 0 Å². The van der Waals surface area contributed by atoms with Crippen molar-refractivity contribution in [1.82, 2.24) is 0 Å². The van der Waals surface area contributed by atoms with E-state index in [1.807, 2.05) is 13.0 Å². The van der Waals surface area contributed by atoms with Crippen LogP contribution in [0.15, 0.2) is 44.6 Å². The summed E-state index contributed by atoms with van der Waals surface area (Å²) in [5, 5.41) is 1.07. The fourth-order valence-corrected chi connectivity index (χ4v) is 3.75. The zero-order chi connectivity index (χ0) is 19.4. The third-order valence-electron chi connectivity index (χ3n) is 5.35. The number of allylic oxidation sites excluding steroid dienone is 3. The van der Waals surface area contributed by atoms with Crippen molar-refractivity contribution in [3.63, 3.8) is 0 Å². The van der Waals surface area contributed by atoms with Crippen LogP contribution in [0.2, 0.25) is 0 Å². The third kappa shape index (κ3) is 4.52. The van der Waals surface area contributed by atoms with Gasteiger partial charge < -0.3 is 9.15 Å². The quantitative estimate of drug-likeness (QED) is 0.461. The summed E-state index contributed by atoms with van der Waals surface area (Å²) in [6, 6.07) is 4.06. The molecule has 1 aliphatic carbocycles. The fourth-order valence-electron chi connectivity index (χ4n) is 3.75. The molecule has 0 aliphatic heterocycles. The molecule has 0 fully saturated rings. The molecule has 0 saturated carbocycles. The summed E-state index contributed by atoms with van der Waals surface area (Å²) < 4.78 is 11.7. The van der Waals surface area contributed by atoms with Crippen LogP contribution in [0.25, 0.3) is 11.0 Å². The highest BCUT2D eigenvalue weighted by molar-refractivity contribution is 5.86. The molecule has 0 N–H and O–H groups in total. The van der Waals surface area contributed by atoms with E-state index in [9.17, 15) is 4.79 Å². The van der Waals surface area contributed by atoms with Gasteiger partial charge in [0.2, 0.25) is 0 Å². The van der Waals surface area contributed by atoms with Gasteiger partial charge in [-0.3, -0.25) is 0 Å². The maximum absolute atomic E-state index is 12.4. The molecule has 0 bridgehead atoms. The number of fused-ring (bicyclic) bond motifs is 3.